The maximum Gasteiger partial charge on any atom is 0.161 e. The summed E-state index contributed by atoms with van der Waals surface area (Å²) in [4.78, 5) is 0. The van der Waals surface area contributed by atoms with Crippen LogP contribution in [0.25, 0.3) is 10.8 Å². The molecule has 0 aliphatic heterocycles. The summed E-state index contributed by atoms with van der Waals surface area (Å²) in [5.41, 5.74) is 13.6. The van der Waals surface area contributed by atoms with Gasteiger partial charge in [0.15, 0.2) is 5.69 Å². The lowest BCUT2D eigenvalue weighted by Crippen LogP contribution is -2.96. The Bertz CT molecular complexity index is 771. The first kappa shape index (κ1) is 12.5. The summed E-state index contributed by atoms with van der Waals surface area (Å²) in [5.74, 6) is 0. The van der Waals surface area contributed by atoms with E-state index in [9.17, 15) is 5.21 Å². The molecule has 3 rings (SSSR count). The predicted octanol–water partition coefficient (Wildman–Crippen LogP) is 2.35. The molecule has 0 aliphatic rings. The Morgan fingerprint density at radius 3 is 2.35 bits per heavy atom. The van der Waals surface area contributed by atoms with Gasteiger partial charge in [-0.05, 0) is 29.0 Å². The van der Waals surface area contributed by atoms with Gasteiger partial charge in [-0.3, -0.25) is 0 Å². The standard InChI is InChI=1S/C16H15N3O/c17-13-6-8-15(18)16(10-13)19(20)14-7-5-11-3-1-2-4-12(11)9-14/h1-10,19H,17-18H2. The van der Waals surface area contributed by atoms with Crippen molar-refractivity contribution in [3.63, 3.8) is 0 Å². The van der Waals surface area contributed by atoms with Crippen LogP contribution in [0.1, 0.15) is 0 Å². The number of hydrogen-bond donors (Lipinski definition) is 3. The predicted molar refractivity (Wildman–Crippen MR) is 82.9 cm³/mol. The van der Waals surface area contributed by atoms with E-state index >= 15 is 0 Å². The molecule has 0 fully saturated rings. The Morgan fingerprint density at radius 1 is 0.800 bits per heavy atom. The number of nitrogens with one attached hydrogen (secondary N) is 1. The first-order valence-electron chi connectivity index (χ1n) is 6.33. The van der Waals surface area contributed by atoms with Gasteiger partial charge in [-0.25, -0.2) is 0 Å². The van der Waals surface area contributed by atoms with Crippen molar-refractivity contribution in [2.45, 2.75) is 0 Å². The van der Waals surface area contributed by atoms with Crippen LogP contribution in [0.3, 0.4) is 0 Å². The minimum absolute atomic E-state index is 0.111. The van der Waals surface area contributed by atoms with Crippen molar-refractivity contribution in [2.75, 3.05) is 11.5 Å². The van der Waals surface area contributed by atoms with Crippen LogP contribution in [0.2, 0.25) is 0 Å². The van der Waals surface area contributed by atoms with Gasteiger partial charge in [0.2, 0.25) is 0 Å². The molecule has 5 N–H and O–H groups in total. The highest BCUT2D eigenvalue weighted by molar-refractivity contribution is 5.84. The third-order valence-electron chi connectivity index (χ3n) is 3.33. The Labute approximate surface area is 116 Å². The van der Waals surface area contributed by atoms with Gasteiger partial charge in [-0.1, -0.05) is 24.3 Å². The number of benzene rings is 3. The summed E-state index contributed by atoms with van der Waals surface area (Å²) in [7, 11) is 0. The van der Waals surface area contributed by atoms with E-state index in [4.69, 9.17) is 11.5 Å². The van der Waals surface area contributed by atoms with E-state index in [1.54, 1.807) is 18.2 Å². The molecule has 3 aromatic rings. The van der Waals surface area contributed by atoms with Gasteiger partial charge >= 0.3 is 0 Å². The molecule has 4 nitrogen and oxygen atoms in total. The second-order valence-corrected chi connectivity index (χ2v) is 4.74. The Morgan fingerprint density at radius 2 is 1.55 bits per heavy atom. The zero-order valence-electron chi connectivity index (χ0n) is 10.8. The topological polar surface area (TPSA) is 79.5 Å². The minimum Gasteiger partial charge on any atom is -0.623 e. The van der Waals surface area contributed by atoms with Gasteiger partial charge in [-0.15, -0.1) is 0 Å². The summed E-state index contributed by atoms with van der Waals surface area (Å²) < 4.78 is 0. The van der Waals surface area contributed by atoms with Crippen LogP contribution in [-0.2, 0) is 0 Å². The van der Waals surface area contributed by atoms with E-state index in [2.05, 4.69) is 0 Å². The lowest BCUT2D eigenvalue weighted by Gasteiger charge is -2.23. The summed E-state index contributed by atoms with van der Waals surface area (Å²) in [6, 6.07) is 18.5. The van der Waals surface area contributed by atoms with Crippen molar-refractivity contribution in [3.8, 4) is 0 Å². The largest absolute Gasteiger partial charge is 0.623 e. The maximum absolute atomic E-state index is 12.5. The second-order valence-electron chi connectivity index (χ2n) is 4.74. The van der Waals surface area contributed by atoms with Crippen LogP contribution in [-0.4, -0.2) is 0 Å². The summed E-state index contributed by atoms with van der Waals surface area (Å²) in [6.45, 7) is 0. The molecule has 0 saturated carbocycles. The normalized spacial score (nSPS) is 12.4. The molecular weight excluding hydrogens is 250 g/mol. The van der Waals surface area contributed by atoms with Crippen molar-refractivity contribution in [1.29, 1.82) is 0 Å². The van der Waals surface area contributed by atoms with Crippen molar-refractivity contribution in [1.82, 2.24) is 0 Å². The average molecular weight is 265 g/mol. The first-order chi connectivity index (χ1) is 9.65. The third kappa shape index (κ3) is 2.18. The Balaban J connectivity index is 2.07. The first-order valence-corrected chi connectivity index (χ1v) is 6.33. The van der Waals surface area contributed by atoms with Gasteiger partial charge in [0.1, 0.15) is 5.69 Å². The molecule has 1 unspecified atom stereocenters. The summed E-state index contributed by atoms with van der Waals surface area (Å²) >= 11 is 0. The highest BCUT2D eigenvalue weighted by atomic mass is 16.5. The average Bonchev–Trinajstić information content (AvgIpc) is 2.48. The van der Waals surface area contributed by atoms with E-state index < -0.39 is 0 Å². The molecule has 0 aromatic heterocycles. The highest BCUT2D eigenvalue weighted by Gasteiger charge is 2.11. The Hall–Kier alpha value is -2.56. The number of nitrogen functional groups attached to an aromatic ring is 2. The fourth-order valence-electron chi connectivity index (χ4n) is 2.26. The fourth-order valence-corrected chi connectivity index (χ4v) is 2.26. The van der Waals surface area contributed by atoms with Crippen LogP contribution in [0.4, 0.5) is 22.7 Å². The van der Waals surface area contributed by atoms with Gasteiger partial charge in [-0.2, -0.15) is 0 Å². The monoisotopic (exact) mass is 265 g/mol. The van der Waals surface area contributed by atoms with E-state index in [0.717, 1.165) is 10.8 Å². The fraction of sp³-hybridized carbons (Fsp3) is 0. The molecule has 0 spiro atoms. The number of rotatable bonds is 2. The molecular formula is C16H15N3O. The lowest BCUT2D eigenvalue weighted by molar-refractivity contribution is -0.697. The molecule has 0 radical (unpaired) electrons. The number of fused-ring (bicyclic) bond motifs is 1. The maximum atomic E-state index is 12.5. The van der Waals surface area contributed by atoms with Crippen LogP contribution < -0.4 is 16.5 Å². The molecule has 20 heavy (non-hydrogen) atoms. The number of anilines is 2. The van der Waals surface area contributed by atoms with E-state index in [0.29, 0.717) is 22.7 Å². The van der Waals surface area contributed by atoms with E-state index in [1.807, 2.05) is 42.5 Å². The zero-order chi connectivity index (χ0) is 14.1. The highest BCUT2D eigenvalue weighted by Crippen LogP contribution is 2.21. The van der Waals surface area contributed by atoms with E-state index in [1.165, 1.54) is 0 Å². The molecule has 1 atom stereocenters. The SMILES string of the molecule is Nc1ccc(N)c([NH+]([O-])c2ccc3ccccc3c2)c1. The molecule has 0 saturated heterocycles. The number of quaternary nitrogens is 1. The lowest BCUT2D eigenvalue weighted by atomic mass is 10.1. The molecule has 100 valence electrons. The molecule has 0 heterocycles. The summed E-state index contributed by atoms with van der Waals surface area (Å²) in [6.07, 6.45) is 0. The minimum atomic E-state index is -0.111. The van der Waals surface area contributed by atoms with Crippen LogP contribution in [0.5, 0.6) is 0 Å². The van der Waals surface area contributed by atoms with Crippen molar-refractivity contribution >= 4 is 33.5 Å². The van der Waals surface area contributed by atoms with Crippen molar-refractivity contribution in [3.05, 3.63) is 65.9 Å². The van der Waals surface area contributed by atoms with Crippen LogP contribution in [0.15, 0.2) is 60.7 Å². The molecule has 0 aliphatic carbocycles. The zero-order valence-corrected chi connectivity index (χ0v) is 10.8. The van der Waals surface area contributed by atoms with Gasteiger partial charge in [0.25, 0.3) is 0 Å². The molecule has 0 bridgehead atoms. The smallest absolute Gasteiger partial charge is 0.161 e. The number of nitrogens with two attached hydrogens (primary N) is 2. The molecule has 4 heteroatoms. The van der Waals surface area contributed by atoms with Crippen molar-refractivity contribution in [2.24, 2.45) is 0 Å². The van der Waals surface area contributed by atoms with Gasteiger partial charge in [0.05, 0.1) is 5.69 Å². The van der Waals surface area contributed by atoms with Crippen LogP contribution >= 0.6 is 0 Å². The second kappa shape index (κ2) is 4.85. The molecule has 3 aromatic carbocycles. The van der Waals surface area contributed by atoms with Gasteiger partial charge in [0, 0.05) is 23.9 Å². The van der Waals surface area contributed by atoms with Crippen LogP contribution in [0, 0.1) is 5.21 Å². The van der Waals surface area contributed by atoms with Gasteiger partial charge < -0.3 is 21.7 Å². The van der Waals surface area contributed by atoms with E-state index in [-0.39, 0.29) is 5.06 Å². The quantitative estimate of drug-likeness (QED) is 0.491. The number of hydrogen-bond acceptors (Lipinski definition) is 3. The molecule has 0 amide bonds. The van der Waals surface area contributed by atoms with Crippen molar-refractivity contribution < 1.29 is 5.06 Å². The summed E-state index contributed by atoms with van der Waals surface area (Å²) in [5, 5.41) is 14.5. The third-order valence-corrected chi connectivity index (χ3v) is 3.33. The Kier molecular flexibility index (Phi) is 3.02.